The van der Waals surface area contributed by atoms with Crippen molar-refractivity contribution in [2.24, 2.45) is 0 Å². The van der Waals surface area contributed by atoms with Gasteiger partial charge in [0.05, 0.1) is 17.4 Å². The van der Waals surface area contributed by atoms with E-state index < -0.39 is 36.2 Å². The lowest BCUT2D eigenvalue weighted by Crippen LogP contribution is -2.44. The normalized spacial score (nSPS) is 27.9. The van der Waals surface area contributed by atoms with Gasteiger partial charge in [0.25, 0.3) is 5.56 Å². The van der Waals surface area contributed by atoms with Crippen molar-refractivity contribution < 1.29 is 20.1 Å². The number of nitrogen functional groups attached to an aromatic ring is 1. The fourth-order valence-corrected chi connectivity index (χ4v) is 3.59. The monoisotopic (exact) mass is 397 g/mol. The summed E-state index contributed by atoms with van der Waals surface area (Å²) in [6.45, 7) is 0.862. The van der Waals surface area contributed by atoms with Gasteiger partial charge in [-0.1, -0.05) is 0 Å². The number of H-pyrrole nitrogens is 2. The summed E-state index contributed by atoms with van der Waals surface area (Å²) in [6.07, 6.45) is -2.35. The number of nitrogens with zero attached hydrogens (tertiary/aromatic N) is 3. The number of fused-ring (bicyclic) bond motifs is 3. The number of aromatic amines is 2. The van der Waals surface area contributed by atoms with Crippen molar-refractivity contribution in [1.29, 1.82) is 0 Å². The van der Waals surface area contributed by atoms with Gasteiger partial charge in [0.2, 0.25) is 0 Å². The minimum atomic E-state index is -1.79. The van der Waals surface area contributed by atoms with Gasteiger partial charge in [-0.25, -0.2) is 9.97 Å². The first-order valence-corrected chi connectivity index (χ1v) is 8.11. The molecule has 4 atom stereocenters. The number of rotatable bonds is 2. The molecule has 1 saturated heterocycles. The van der Waals surface area contributed by atoms with E-state index in [0.29, 0.717) is 0 Å². The molecule has 1 fully saturated rings. The molecular weight excluding hydrogens is 378 g/mol. The van der Waals surface area contributed by atoms with Crippen LogP contribution in [0.4, 0.5) is 5.82 Å². The lowest BCUT2D eigenvalue weighted by atomic mass is 9.96. The van der Waals surface area contributed by atoms with Crippen LogP contribution in [0.3, 0.4) is 0 Å². The summed E-state index contributed by atoms with van der Waals surface area (Å²) in [4.78, 5) is 25.9. The van der Waals surface area contributed by atoms with Crippen molar-refractivity contribution in [2.45, 2.75) is 31.0 Å². The number of anilines is 1. The van der Waals surface area contributed by atoms with E-state index in [1.165, 1.54) is 17.8 Å². The number of nitrogens with one attached hydrogen (secondary N) is 2. The van der Waals surface area contributed by atoms with E-state index in [1.54, 1.807) is 0 Å². The molecule has 12 nitrogen and oxygen atoms in total. The summed E-state index contributed by atoms with van der Waals surface area (Å²) in [6, 6.07) is 0. The highest BCUT2D eigenvalue weighted by Crippen LogP contribution is 2.42. The van der Waals surface area contributed by atoms with Gasteiger partial charge in [-0.3, -0.25) is 14.3 Å². The molecule has 27 heavy (non-hydrogen) atoms. The van der Waals surface area contributed by atoms with Crippen LogP contribution < -0.4 is 17.4 Å². The lowest BCUT2D eigenvalue weighted by molar-refractivity contribution is -0.0932. The third-order valence-electron chi connectivity index (χ3n) is 4.67. The van der Waals surface area contributed by atoms with Crippen LogP contribution in [0.5, 0.6) is 0 Å². The average molecular weight is 397 g/mol. The molecule has 1 aliphatic rings. The minimum absolute atomic E-state index is 0. The van der Waals surface area contributed by atoms with Crippen LogP contribution in [-0.2, 0) is 4.74 Å². The number of aliphatic hydroxyl groups excluding tert-OH is 2. The minimum Gasteiger partial charge on any atom is -0.394 e. The van der Waals surface area contributed by atoms with Gasteiger partial charge in [0.1, 0.15) is 41.2 Å². The maximum atomic E-state index is 12.5. The zero-order valence-corrected chi connectivity index (χ0v) is 15.0. The number of aliphatic hydroxyl groups is 3. The highest BCUT2D eigenvalue weighted by molar-refractivity contribution is 7.71. The smallest absolute Gasteiger partial charge is 0.262 e. The first-order chi connectivity index (χ1) is 12.3. The standard InChI is InChI=1S/C14H16N6O5S.H3N/c1-14(24)7(22)4(2-21)25-12(14)20-9-5(8(15)16-3-17-9)6-10(20)18-13(26)19-11(6)23;/h3-4,7,12,21-22,24H,2H2,1H3,(H2,15,16,17)(H2,18,19,23,26);1H3/t4-,7-,12-,14-;/m1./s1. The average Bonchev–Trinajstić information content (AvgIpc) is 3.01. The molecule has 0 saturated carbocycles. The van der Waals surface area contributed by atoms with Crippen molar-refractivity contribution >= 4 is 40.1 Å². The van der Waals surface area contributed by atoms with Crippen LogP contribution in [-0.4, -0.2) is 64.2 Å². The summed E-state index contributed by atoms with van der Waals surface area (Å²) < 4.78 is 7.11. The second-order valence-corrected chi connectivity index (χ2v) is 6.75. The van der Waals surface area contributed by atoms with Gasteiger partial charge >= 0.3 is 0 Å². The number of hydrogen-bond acceptors (Lipinski definition) is 10. The molecule has 13 heteroatoms. The molecule has 3 aromatic rings. The summed E-state index contributed by atoms with van der Waals surface area (Å²) >= 11 is 5.04. The Kier molecular flexibility index (Phi) is 4.54. The topological polar surface area (TPSA) is 210 Å². The van der Waals surface area contributed by atoms with Gasteiger partial charge < -0.3 is 36.9 Å². The molecule has 0 radical (unpaired) electrons. The Morgan fingerprint density at radius 1 is 1.41 bits per heavy atom. The lowest BCUT2D eigenvalue weighted by Gasteiger charge is -2.28. The Morgan fingerprint density at radius 2 is 2.11 bits per heavy atom. The van der Waals surface area contributed by atoms with E-state index >= 15 is 0 Å². The van der Waals surface area contributed by atoms with E-state index in [4.69, 9.17) is 22.7 Å². The molecular formula is C14H19N7O5S. The molecule has 0 aromatic carbocycles. The first kappa shape index (κ1) is 19.3. The molecule has 4 rings (SSSR count). The van der Waals surface area contributed by atoms with Crippen LogP contribution in [0.2, 0.25) is 0 Å². The largest absolute Gasteiger partial charge is 0.394 e. The zero-order valence-electron chi connectivity index (χ0n) is 14.2. The number of nitrogens with two attached hydrogens (primary N) is 1. The van der Waals surface area contributed by atoms with E-state index in [2.05, 4.69) is 19.9 Å². The fraction of sp³-hybridized carbons (Fsp3) is 0.429. The molecule has 146 valence electrons. The third kappa shape index (κ3) is 2.55. The van der Waals surface area contributed by atoms with Gasteiger partial charge in [-0.05, 0) is 19.1 Å². The maximum absolute atomic E-state index is 12.5. The van der Waals surface area contributed by atoms with E-state index in [1.807, 2.05) is 0 Å². The Hall–Kier alpha value is -2.42. The number of hydrogen-bond donors (Lipinski definition) is 7. The molecule has 4 heterocycles. The zero-order chi connectivity index (χ0) is 18.8. The molecule has 10 N–H and O–H groups in total. The Labute approximate surface area is 156 Å². The molecule has 1 aliphatic heterocycles. The summed E-state index contributed by atoms with van der Waals surface area (Å²) in [5, 5.41) is 30.9. The second kappa shape index (κ2) is 6.33. The molecule has 3 aromatic heterocycles. The Balaban J connectivity index is 0.00000210. The van der Waals surface area contributed by atoms with Gasteiger partial charge in [-0.2, -0.15) is 0 Å². The predicted molar refractivity (Wildman–Crippen MR) is 97.9 cm³/mol. The SMILES string of the molecule is C[C@@]1(O)[C@H](O)[C@@H](CO)O[C@H]1n1c2ncnc(N)c2c2c(=O)[nH]c(=S)[nH]c21.N. The van der Waals surface area contributed by atoms with E-state index in [0.717, 1.165) is 0 Å². The van der Waals surface area contributed by atoms with Crippen molar-refractivity contribution in [3.05, 3.63) is 21.5 Å². The van der Waals surface area contributed by atoms with Gasteiger partial charge in [-0.15, -0.1) is 0 Å². The van der Waals surface area contributed by atoms with Crippen LogP contribution in [0.25, 0.3) is 22.1 Å². The molecule has 0 unspecified atom stereocenters. The maximum Gasteiger partial charge on any atom is 0.262 e. The highest BCUT2D eigenvalue weighted by atomic mass is 32.1. The summed E-state index contributed by atoms with van der Waals surface area (Å²) in [5.74, 6) is 0.0617. The molecule has 0 amide bonds. The Bertz CT molecular complexity index is 1140. The van der Waals surface area contributed by atoms with Crippen molar-refractivity contribution in [1.82, 2.24) is 30.7 Å². The quantitative estimate of drug-likeness (QED) is 0.264. The van der Waals surface area contributed by atoms with Crippen LogP contribution in [0.15, 0.2) is 11.1 Å². The first-order valence-electron chi connectivity index (χ1n) is 7.70. The second-order valence-electron chi connectivity index (χ2n) is 6.34. The molecule has 0 aliphatic carbocycles. The van der Waals surface area contributed by atoms with Crippen molar-refractivity contribution in [3.63, 3.8) is 0 Å². The van der Waals surface area contributed by atoms with E-state index in [9.17, 15) is 20.1 Å². The predicted octanol–water partition coefficient (Wildman–Crippen LogP) is -0.924. The van der Waals surface area contributed by atoms with Gasteiger partial charge in [0.15, 0.2) is 11.0 Å². The van der Waals surface area contributed by atoms with Gasteiger partial charge in [0, 0.05) is 0 Å². The molecule has 0 bridgehead atoms. The third-order valence-corrected chi connectivity index (χ3v) is 4.87. The number of ether oxygens (including phenoxy) is 1. The number of aromatic nitrogens is 5. The van der Waals surface area contributed by atoms with Crippen LogP contribution >= 0.6 is 12.2 Å². The summed E-state index contributed by atoms with van der Waals surface area (Å²) in [7, 11) is 0. The molecule has 0 spiro atoms. The van der Waals surface area contributed by atoms with E-state index in [-0.39, 0.29) is 38.8 Å². The summed E-state index contributed by atoms with van der Waals surface area (Å²) in [5.41, 5.74) is 4.06. The Morgan fingerprint density at radius 3 is 2.74 bits per heavy atom. The fourth-order valence-electron chi connectivity index (χ4n) is 3.40. The van der Waals surface area contributed by atoms with Crippen molar-refractivity contribution in [3.8, 4) is 0 Å². The highest BCUT2D eigenvalue weighted by Gasteiger charge is 2.53. The van der Waals surface area contributed by atoms with Crippen LogP contribution in [0, 0.1) is 4.77 Å². The van der Waals surface area contributed by atoms with Crippen molar-refractivity contribution in [2.75, 3.05) is 12.3 Å². The van der Waals surface area contributed by atoms with Crippen LogP contribution in [0.1, 0.15) is 13.2 Å².